The van der Waals surface area contributed by atoms with Crippen LogP contribution in [0.5, 0.6) is 0 Å². The molecule has 86 valence electrons. The van der Waals surface area contributed by atoms with Crippen LogP contribution in [-0.4, -0.2) is 55.0 Å². The van der Waals surface area contributed by atoms with Crippen LogP contribution in [0.3, 0.4) is 0 Å². The molecule has 0 bridgehead atoms. The molecule has 0 aromatic rings. The Labute approximate surface area is 91.4 Å². The molecule has 0 radical (unpaired) electrons. The van der Waals surface area contributed by atoms with Crippen LogP contribution in [0.15, 0.2) is 0 Å². The molecule has 4 heteroatoms. The smallest absolute Gasteiger partial charge is 0.219 e. The monoisotopic (exact) mass is 211 g/mol. The topological polar surface area (TPSA) is 49.6 Å². The zero-order valence-electron chi connectivity index (χ0n) is 9.54. The molecule has 2 heterocycles. The van der Waals surface area contributed by atoms with Crippen molar-refractivity contribution in [3.8, 4) is 0 Å². The van der Waals surface area contributed by atoms with Crippen LogP contribution in [0.2, 0.25) is 0 Å². The van der Waals surface area contributed by atoms with Crippen LogP contribution in [-0.2, 0) is 4.79 Å². The van der Waals surface area contributed by atoms with E-state index in [-0.39, 0.29) is 5.91 Å². The molecule has 2 rings (SSSR count). The van der Waals surface area contributed by atoms with Gasteiger partial charge in [-0.25, -0.2) is 0 Å². The number of amides is 1. The Balaban J connectivity index is 1.77. The van der Waals surface area contributed by atoms with Crippen LogP contribution in [0.1, 0.15) is 19.8 Å². The third kappa shape index (κ3) is 2.16. The molecule has 0 saturated carbocycles. The number of likely N-dealkylation sites (tertiary alicyclic amines) is 2. The summed E-state index contributed by atoms with van der Waals surface area (Å²) in [6.07, 6.45) is 2.35. The molecule has 1 amide bonds. The zero-order valence-corrected chi connectivity index (χ0v) is 9.54. The SMILES string of the molecule is CC(=O)N1CCC2(CC1)CN(CCN)C2. The molecule has 2 fully saturated rings. The third-order valence-electron chi connectivity index (χ3n) is 3.83. The molecule has 2 aliphatic rings. The van der Waals surface area contributed by atoms with Crippen LogP contribution < -0.4 is 5.73 Å². The Morgan fingerprint density at radius 2 is 1.93 bits per heavy atom. The van der Waals surface area contributed by atoms with E-state index in [0.717, 1.165) is 26.2 Å². The number of piperidine rings is 1. The van der Waals surface area contributed by atoms with Crippen LogP contribution >= 0.6 is 0 Å². The molecular weight excluding hydrogens is 190 g/mol. The van der Waals surface area contributed by atoms with Gasteiger partial charge in [0.2, 0.25) is 5.91 Å². The van der Waals surface area contributed by atoms with Gasteiger partial charge in [0.25, 0.3) is 0 Å². The first-order chi connectivity index (χ1) is 7.15. The molecule has 0 unspecified atom stereocenters. The fourth-order valence-corrected chi connectivity index (χ4v) is 2.86. The summed E-state index contributed by atoms with van der Waals surface area (Å²) in [5.74, 6) is 0.225. The third-order valence-corrected chi connectivity index (χ3v) is 3.83. The van der Waals surface area contributed by atoms with Crippen molar-refractivity contribution in [3.05, 3.63) is 0 Å². The Hall–Kier alpha value is -0.610. The van der Waals surface area contributed by atoms with Crippen LogP contribution in [0.25, 0.3) is 0 Å². The molecule has 0 atom stereocenters. The minimum absolute atomic E-state index is 0.225. The van der Waals surface area contributed by atoms with Crippen LogP contribution in [0, 0.1) is 5.41 Å². The predicted molar refractivity (Wildman–Crippen MR) is 59.4 cm³/mol. The average Bonchev–Trinajstić information content (AvgIpc) is 2.16. The van der Waals surface area contributed by atoms with Crippen molar-refractivity contribution in [2.24, 2.45) is 11.1 Å². The van der Waals surface area contributed by atoms with Crippen molar-refractivity contribution >= 4 is 5.91 Å². The molecule has 15 heavy (non-hydrogen) atoms. The van der Waals surface area contributed by atoms with Gasteiger partial charge in [-0.3, -0.25) is 4.79 Å². The van der Waals surface area contributed by atoms with Gasteiger partial charge in [-0.05, 0) is 18.3 Å². The van der Waals surface area contributed by atoms with Crippen molar-refractivity contribution < 1.29 is 4.79 Å². The largest absolute Gasteiger partial charge is 0.343 e. The number of nitrogens with zero attached hydrogens (tertiary/aromatic N) is 2. The van der Waals surface area contributed by atoms with E-state index in [0.29, 0.717) is 5.41 Å². The van der Waals surface area contributed by atoms with E-state index in [9.17, 15) is 4.79 Å². The van der Waals surface area contributed by atoms with Gasteiger partial charge in [0.15, 0.2) is 0 Å². The quantitative estimate of drug-likeness (QED) is 0.693. The highest BCUT2D eigenvalue weighted by Crippen LogP contribution is 2.39. The summed E-state index contributed by atoms with van der Waals surface area (Å²) in [7, 11) is 0. The Morgan fingerprint density at radius 3 is 2.40 bits per heavy atom. The number of hydrogen-bond donors (Lipinski definition) is 1. The second-order valence-corrected chi connectivity index (χ2v) is 5.01. The van der Waals surface area contributed by atoms with Crippen molar-refractivity contribution in [2.75, 3.05) is 39.3 Å². The highest BCUT2D eigenvalue weighted by molar-refractivity contribution is 5.73. The number of rotatable bonds is 2. The zero-order chi connectivity index (χ0) is 10.9. The predicted octanol–water partition coefficient (Wildman–Crippen LogP) is -0.111. The van der Waals surface area contributed by atoms with Crippen molar-refractivity contribution in [2.45, 2.75) is 19.8 Å². The highest BCUT2D eigenvalue weighted by Gasteiger charge is 2.44. The fraction of sp³-hybridized carbons (Fsp3) is 0.909. The Kier molecular flexibility index (Phi) is 2.98. The van der Waals surface area contributed by atoms with Gasteiger partial charge in [0.05, 0.1) is 0 Å². The summed E-state index contributed by atoms with van der Waals surface area (Å²) in [6, 6.07) is 0. The van der Waals surface area contributed by atoms with Gasteiger partial charge in [-0.1, -0.05) is 0 Å². The molecule has 0 aromatic carbocycles. The maximum atomic E-state index is 11.2. The summed E-state index contributed by atoms with van der Waals surface area (Å²) in [5.41, 5.74) is 6.04. The van der Waals surface area contributed by atoms with E-state index < -0.39 is 0 Å². The van der Waals surface area contributed by atoms with Gasteiger partial charge < -0.3 is 15.5 Å². The van der Waals surface area contributed by atoms with Crippen LogP contribution in [0.4, 0.5) is 0 Å². The maximum absolute atomic E-state index is 11.2. The molecule has 2 aliphatic heterocycles. The lowest BCUT2D eigenvalue weighted by molar-refractivity contribution is -0.133. The highest BCUT2D eigenvalue weighted by atomic mass is 16.2. The van der Waals surface area contributed by atoms with Gasteiger partial charge in [0.1, 0.15) is 0 Å². The molecule has 4 nitrogen and oxygen atoms in total. The van der Waals surface area contributed by atoms with Gasteiger partial charge in [-0.2, -0.15) is 0 Å². The normalized spacial score (nSPS) is 25.3. The van der Waals surface area contributed by atoms with Crippen molar-refractivity contribution in [1.82, 2.24) is 9.80 Å². The number of carbonyl (C=O) groups excluding carboxylic acids is 1. The van der Waals surface area contributed by atoms with E-state index in [1.54, 1.807) is 6.92 Å². The number of hydrogen-bond acceptors (Lipinski definition) is 3. The number of nitrogens with two attached hydrogens (primary N) is 1. The van der Waals surface area contributed by atoms with E-state index in [1.807, 2.05) is 4.90 Å². The summed E-state index contributed by atoms with van der Waals surface area (Å²) in [6.45, 7) is 7.73. The van der Waals surface area contributed by atoms with E-state index in [2.05, 4.69) is 4.90 Å². The summed E-state index contributed by atoms with van der Waals surface area (Å²) >= 11 is 0. The minimum Gasteiger partial charge on any atom is -0.343 e. The lowest BCUT2D eigenvalue weighted by Gasteiger charge is -2.54. The molecule has 0 aromatic heterocycles. The molecule has 2 N–H and O–H groups in total. The first-order valence-corrected chi connectivity index (χ1v) is 5.83. The summed E-state index contributed by atoms with van der Waals surface area (Å²) in [5, 5.41) is 0. The molecule has 0 aliphatic carbocycles. The van der Waals surface area contributed by atoms with Crippen molar-refractivity contribution in [3.63, 3.8) is 0 Å². The van der Waals surface area contributed by atoms with E-state index >= 15 is 0 Å². The molecular formula is C11H21N3O. The first kappa shape index (κ1) is 10.9. The molecule has 2 saturated heterocycles. The van der Waals surface area contributed by atoms with Gasteiger partial charge in [0, 0.05) is 46.2 Å². The lowest BCUT2D eigenvalue weighted by atomic mass is 9.72. The number of carbonyl (C=O) groups is 1. The van der Waals surface area contributed by atoms with Gasteiger partial charge >= 0.3 is 0 Å². The molecule has 1 spiro atoms. The lowest BCUT2D eigenvalue weighted by Crippen LogP contribution is -2.61. The summed E-state index contributed by atoms with van der Waals surface area (Å²) in [4.78, 5) is 15.6. The van der Waals surface area contributed by atoms with E-state index in [4.69, 9.17) is 5.73 Å². The average molecular weight is 211 g/mol. The Bertz CT molecular complexity index is 238. The second kappa shape index (κ2) is 4.10. The van der Waals surface area contributed by atoms with Crippen molar-refractivity contribution in [1.29, 1.82) is 0 Å². The second-order valence-electron chi connectivity index (χ2n) is 5.01. The standard InChI is InChI=1S/C11H21N3O/c1-10(15)14-5-2-11(3-6-14)8-13(9-11)7-4-12/h2-9,12H2,1H3. The minimum atomic E-state index is 0.225. The summed E-state index contributed by atoms with van der Waals surface area (Å²) < 4.78 is 0. The maximum Gasteiger partial charge on any atom is 0.219 e. The fourth-order valence-electron chi connectivity index (χ4n) is 2.86. The first-order valence-electron chi connectivity index (χ1n) is 5.83. The van der Waals surface area contributed by atoms with E-state index in [1.165, 1.54) is 25.9 Å². The van der Waals surface area contributed by atoms with Gasteiger partial charge in [-0.15, -0.1) is 0 Å². The Morgan fingerprint density at radius 1 is 1.33 bits per heavy atom.